The first-order valence-electron chi connectivity index (χ1n) is 10.5. The van der Waals surface area contributed by atoms with Gasteiger partial charge in [0.15, 0.2) is 17.7 Å². The molecule has 1 aromatic carbocycles. The van der Waals surface area contributed by atoms with Gasteiger partial charge in [0.2, 0.25) is 5.91 Å². The minimum Gasteiger partial charge on any atom is -0.371 e. The van der Waals surface area contributed by atoms with Crippen LogP contribution in [0.5, 0.6) is 0 Å². The van der Waals surface area contributed by atoms with Crippen molar-refractivity contribution >= 4 is 31.1 Å². The molecule has 0 radical (unpaired) electrons. The fraction of sp³-hybridized carbons (Fsp3) is 0.524. The van der Waals surface area contributed by atoms with Crippen molar-refractivity contribution in [3.8, 4) is 0 Å². The number of ether oxygens (including phenoxy) is 2. The second kappa shape index (κ2) is 10.1. The summed E-state index contributed by atoms with van der Waals surface area (Å²) in [4.78, 5) is 24.7. The molecule has 6 atom stereocenters. The van der Waals surface area contributed by atoms with Crippen molar-refractivity contribution < 1.29 is 46.7 Å². The molecule has 3 heterocycles. The van der Waals surface area contributed by atoms with E-state index in [1.807, 2.05) is 0 Å². The Hall–Kier alpha value is -1.69. The van der Waals surface area contributed by atoms with E-state index in [9.17, 15) is 19.3 Å². The molecule has 186 valence electrons. The van der Waals surface area contributed by atoms with Crippen LogP contribution in [0.4, 0.5) is 4.39 Å². The van der Waals surface area contributed by atoms with Crippen molar-refractivity contribution in [2.24, 2.45) is 0 Å². The molecule has 2 saturated heterocycles. The molecular weight excluding hydrogens is 496 g/mol. The van der Waals surface area contributed by atoms with E-state index in [4.69, 9.17) is 34.6 Å². The summed E-state index contributed by atoms with van der Waals surface area (Å²) in [6.45, 7) is -0.0903. The van der Waals surface area contributed by atoms with Crippen LogP contribution >= 0.6 is 19.4 Å². The Morgan fingerprint density at radius 1 is 1.38 bits per heavy atom. The van der Waals surface area contributed by atoms with Crippen LogP contribution in [0.15, 0.2) is 36.5 Å². The molecule has 0 bridgehead atoms. The number of phosphoric ester groups is 1. The first kappa shape index (κ1) is 25.4. The van der Waals surface area contributed by atoms with Gasteiger partial charge in [0, 0.05) is 17.6 Å². The lowest BCUT2D eigenvalue weighted by Crippen LogP contribution is -2.52. The molecule has 3 aliphatic heterocycles. The van der Waals surface area contributed by atoms with E-state index in [0.29, 0.717) is 17.0 Å². The number of aliphatic hydroxyl groups is 1. The van der Waals surface area contributed by atoms with Crippen LogP contribution in [0.1, 0.15) is 31.4 Å². The van der Waals surface area contributed by atoms with Crippen LogP contribution < -0.4 is 0 Å². The lowest BCUT2D eigenvalue weighted by molar-refractivity contribution is -0.151. The van der Waals surface area contributed by atoms with Crippen molar-refractivity contribution in [3.05, 3.63) is 47.1 Å². The zero-order chi connectivity index (χ0) is 24.5. The number of hydrogen-bond acceptors (Lipinski definition) is 9. The number of aliphatic hydroxyl groups excluding tert-OH is 1. The SMILES string of the molecule is C[C@@]1(F)[C@H](OCO)[C@@H](CO[P@@]2(=O)OCC[C@@H](c3cccc(Cl)c3)O2)O[C@H]1N1C=CC(=O)CC1=O. The third kappa shape index (κ3) is 5.27. The van der Waals surface area contributed by atoms with Gasteiger partial charge in [0.05, 0.1) is 25.7 Å². The van der Waals surface area contributed by atoms with E-state index in [1.165, 1.54) is 0 Å². The highest BCUT2D eigenvalue weighted by atomic mass is 35.5. The smallest absolute Gasteiger partial charge is 0.371 e. The van der Waals surface area contributed by atoms with Crippen LogP contribution in [-0.4, -0.2) is 65.8 Å². The van der Waals surface area contributed by atoms with Crippen molar-refractivity contribution in [2.75, 3.05) is 20.0 Å². The van der Waals surface area contributed by atoms with Crippen molar-refractivity contribution in [2.45, 2.75) is 50.0 Å². The van der Waals surface area contributed by atoms with Gasteiger partial charge in [-0.3, -0.25) is 28.1 Å². The Morgan fingerprint density at radius 2 is 2.18 bits per heavy atom. The molecule has 10 nitrogen and oxygen atoms in total. The van der Waals surface area contributed by atoms with Gasteiger partial charge in [-0.2, -0.15) is 0 Å². The van der Waals surface area contributed by atoms with Crippen LogP contribution in [0.2, 0.25) is 5.02 Å². The van der Waals surface area contributed by atoms with E-state index in [-0.39, 0.29) is 6.61 Å². The summed E-state index contributed by atoms with van der Waals surface area (Å²) in [6.07, 6.45) is -2.37. The summed E-state index contributed by atoms with van der Waals surface area (Å²) in [5.74, 6) is -1.07. The molecule has 1 N–H and O–H groups in total. The third-order valence-electron chi connectivity index (χ3n) is 5.72. The first-order chi connectivity index (χ1) is 16.1. The monoisotopic (exact) mass is 519 g/mol. The Balaban J connectivity index is 1.47. The zero-order valence-corrected chi connectivity index (χ0v) is 19.8. The molecule has 0 aromatic heterocycles. The summed E-state index contributed by atoms with van der Waals surface area (Å²) in [6, 6.07) is 6.88. The van der Waals surface area contributed by atoms with Crippen LogP contribution in [0.25, 0.3) is 0 Å². The van der Waals surface area contributed by atoms with Gasteiger partial charge in [-0.05, 0) is 30.7 Å². The summed E-state index contributed by atoms with van der Waals surface area (Å²) >= 11 is 6.03. The molecule has 1 amide bonds. The van der Waals surface area contributed by atoms with Gasteiger partial charge in [0.1, 0.15) is 19.0 Å². The van der Waals surface area contributed by atoms with Gasteiger partial charge in [-0.1, -0.05) is 23.7 Å². The normalized spacial score (nSPS) is 36.3. The molecule has 2 fully saturated rings. The number of hydrogen-bond donors (Lipinski definition) is 1. The number of nitrogens with zero attached hydrogens (tertiary/aromatic N) is 1. The molecule has 34 heavy (non-hydrogen) atoms. The van der Waals surface area contributed by atoms with E-state index in [1.54, 1.807) is 24.3 Å². The third-order valence-corrected chi connectivity index (χ3v) is 7.44. The number of carbonyl (C=O) groups excluding carboxylic acids is 2. The van der Waals surface area contributed by atoms with Crippen LogP contribution in [-0.2, 0) is 37.2 Å². The predicted octanol–water partition coefficient (Wildman–Crippen LogP) is 3.05. The second-order valence-corrected chi connectivity index (χ2v) is 10.2. The number of alkyl halides is 1. The lowest BCUT2D eigenvalue weighted by Gasteiger charge is -2.33. The van der Waals surface area contributed by atoms with E-state index in [0.717, 1.165) is 24.1 Å². The maximum Gasteiger partial charge on any atom is 0.475 e. The standard InChI is InChI=1S/C21H24ClFNO9P/c1-21(23)19(29-12-25)17(32-20(21)24-7-5-15(26)10-18(24)27)11-31-34(28)30-8-6-16(33-34)13-3-2-4-14(22)9-13/h2-5,7,9,16-17,19-20,25H,6,8,10-12H2,1H3/t16-,17+,19+,20+,21+,34+/m0/s1. The number of allylic oxidation sites excluding steroid dienone is 1. The van der Waals surface area contributed by atoms with Gasteiger partial charge in [-0.15, -0.1) is 0 Å². The number of ketones is 1. The Kier molecular flexibility index (Phi) is 7.56. The van der Waals surface area contributed by atoms with E-state index in [2.05, 4.69) is 0 Å². The number of phosphoric acid groups is 1. The molecule has 0 aliphatic carbocycles. The van der Waals surface area contributed by atoms with E-state index >= 15 is 4.39 Å². The van der Waals surface area contributed by atoms with Crippen molar-refractivity contribution in [1.29, 1.82) is 0 Å². The van der Waals surface area contributed by atoms with Crippen molar-refractivity contribution in [3.63, 3.8) is 0 Å². The maximum absolute atomic E-state index is 15.7. The average Bonchev–Trinajstić information content (AvgIpc) is 3.03. The molecular formula is C21H24ClFNO9P. The minimum absolute atomic E-state index is 0.0844. The summed E-state index contributed by atoms with van der Waals surface area (Å²) in [7, 11) is -4.06. The van der Waals surface area contributed by atoms with Gasteiger partial charge < -0.3 is 14.6 Å². The fourth-order valence-corrected chi connectivity index (χ4v) is 5.71. The van der Waals surface area contributed by atoms with Gasteiger partial charge in [0.25, 0.3) is 0 Å². The zero-order valence-electron chi connectivity index (χ0n) is 18.2. The Labute approximate surface area is 200 Å². The summed E-state index contributed by atoms with van der Waals surface area (Å²) < 4.78 is 56.0. The number of carbonyl (C=O) groups is 2. The molecule has 0 saturated carbocycles. The molecule has 1 aromatic rings. The fourth-order valence-electron chi connectivity index (χ4n) is 4.12. The van der Waals surface area contributed by atoms with Crippen LogP contribution in [0.3, 0.4) is 0 Å². The van der Waals surface area contributed by atoms with Crippen LogP contribution in [0, 0.1) is 0 Å². The van der Waals surface area contributed by atoms with E-state index < -0.39 is 69.5 Å². The number of amides is 1. The first-order valence-corrected chi connectivity index (χ1v) is 12.4. The Morgan fingerprint density at radius 3 is 2.88 bits per heavy atom. The van der Waals surface area contributed by atoms with Gasteiger partial charge >= 0.3 is 7.82 Å². The molecule has 0 unspecified atom stereocenters. The predicted molar refractivity (Wildman–Crippen MR) is 115 cm³/mol. The molecule has 0 spiro atoms. The summed E-state index contributed by atoms with van der Waals surface area (Å²) in [5.41, 5.74) is -1.61. The highest BCUT2D eigenvalue weighted by molar-refractivity contribution is 7.48. The molecule has 4 rings (SSSR count). The number of benzene rings is 1. The average molecular weight is 520 g/mol. The topological polar surface area (TPSA) is 121 Å². The number of halogens is 2. The number of rotatable bonds is 7. The highest BCUT2D eigenvalue weighted by Gasteiger charge is 2.59. The Bertz CT molecular complexity index is 1020. The largest absolute Gasteiger partial charge is 0.475 e. The lowest BCUT2D eigenvalue weighted by atomic mass is 9.97. The second-order valence-electron chi connectivity index (χ2n) is 8.17. The minimum atomic E-state index is -4.06. The molecule has 3 aliphatic rings. The molecule has 13 heteroatoms. The van der Waals surface area contributed by atoms with Crippen molar-refractivity contribution in [1.82, 2.24) is 4.90 Å². The maximum atomic E-state index is 15.7. The quantitative estimate of drug-likeness (QED) is 0.329. The summed E-state index contributed by atoms with van der Waals surface area (Å²) in [5, 5.41) is 9.76. The van der Waals surface area contributed by atoms with Gasteiger partial charge in [-0.25, -0.2) is 8.96 Å². The highest BCUT2D eigenvalue weighted by Crippen LogP contribution is 2.57.